The molecule has 16 heavy (non-hydrogen) atoms. The molecule has 0 radical (unpaired) electrons. The molecule has 2 fully saturated rings. The maximum atomic E-state index is 12.1. The Labute approximate surface area is 99.9 Å². The van der Waals surface area contributed by atoms with E-state index in [9.17, 15) is 4.79 Å². The SMILES string of the molecule is CC(C)(C)[Si](C)(C)OC12CCC(CC1=O)C2. The minimum Gasteiger partial charge on any atom is -0.404 e. The topological polar surface area (TPSA) is 26.3 Å². The van der Waals surface area contributed by atoms with Crippen molar-refractivity contribution < 1.29 is 9.22 Å². The second kappa shape index (κ2) is 3.42. The molecule has 0 N–H and O–H groups in total. The van der Waals surface area contributed by atoms with Crippen LogP contribution in [0.2, 0.25) is 18.1 Å². The Morgan fingerprint density at radius 1 is 1.38 bits per heavy atom. The average Bonchev–Trinajstić information content (AvgIpc) is 2.57. The van der Waals surface area contributed by atoms with E-state index in [2.05, 4.69) is 33.9 Å². The molecular formula is C13H24O2Si. The second-order valence-corrected chi connectivity index (χ2v) is 11.8. The van der Waals surface area contributed by atoms with E-state index >= 15 is 0 Å². The monoisotopic (exact) mass is 240 g/mol. The van der Waals surface area contributed by atoms with E-state index in [1.807, 2.05) is 0 Å². The molecule has 0 saturated heterocycles. The number of Topliss-reactive ketones (excluding diaryl/α,β-unsaturated/α-hetero) is 1. The smallest absolute Gasteiger partial charge is 0.193 e. The van der Waals surface area contributed by atoms with Gasteiger partial charge in [-0.05, 0) is 43.3 Å². The summed E-state index contributed by atoms with van der Waals surface area (Å²) in [6.07, 6.45) is 3.94. The zero-order chi connectivity index (χ0) is 12.2. The molecule has 2 bridgehead atoms. The van der Waals surface area contributed by atoms with Crippen molar-refractivity contribution in [2.24, 2.45) is 5.92 Å². The lowest BCUT2D eigenvalue weighted by Gasteiger charge is -2.42. The van der Waals surface area contributed by atoms with Gasteiger partial charge in [-0.1, -0.05) is 20.8 Å². The lowest BCUT2D eigenvalue weighted by molar-refractivity contribution is -0.132. The van der Waals surface area contributed by atoms with Crippen LogP contribution in [0.5, 0.6) is 0 Å². The van der Waals surface area contributed by atoms with Gasteiger partial charge in [0, 0.05) is 6.42 Å². The lowest BCUT2D eigenvalue weighted by atomic mass is 9.96. The zero-order valence-electron chi connectivity index (χ0n) is 11.2. The average molecular weight is 240 g/mol. The third-order valence-electron chi connectivity index (χ3n) is 4.81. The summed E-state index contributed by atoms with van der Waals surface area (Å²) >= 11 is 0. The van der Waals surface area contributed by atoms with E-state index in [0.717, 1.165) is 19.3 Å². The zero-order valence-corrected chi connectivity index (χ0v) is 12.2. The lowest BCUT2D eigenvalue weighted by Crippen LogP contribution is -2.51. The van der Waals surface area contributed by atoms with Crippen molar-refractivity contribution in [2.75, 3.05) is 0 Å². The van der Waals surface area contributed by atoms with Gasteiger partial charge in [-0.2, -0.15) is 0 Å². The molecule has 92 valence electrons. The van der Waals surface area contributed by atoms with E-state index in [1.165, 1.54) is 6.42 Å². The third-order valence-corrected chi connectivity index (χ3v) is 9.33. The molecule has 0 aromatic carbocycles. The normalized spacial score (nSPS) is 34.8. The van der Waals surface area contributed by atoms with Gasteiger partial charge < -0.3 is 4.43 Å². The van der Waals surface area contributed by atoms with Gasteiger partial charge in [0.15, 0.2) is 14.1 Å². The number of carbonyl (C=O) groups is 1. The van der Waals surface area contributed by atoms with Crippen LogP contribution >= 0.6 is 0 Å². The molecular weight excluding hydrogens is 216 g/mol. The Bertz CT molecular complexity index is 316. The molecule has 0 aromatic rings. The van der Waals surface area contributed by atoms with E-state index < -0.39 is 8.32 Å². The van der Waals surface area contributed by atoms with Crippen LogP contribution in [0, 0.1) is 5.92 Å². The quantitative estimate of drug-likeness (QED) is 0.690. The van der Waals surface area contributed by atoms with Crippen molar-refractivity contribution in [1.82, 2.24) is 0 Å². The molecule has 3 heteroatoms. The van der Waals surface area contributed by atoms with Crippen LogP contribution in [0.1, 0.15) is 46.5 Å². The van der Waals surface area contributed by atoms with E-state index in [4.69, 9.17) is 4.43 Å². The first kappa shape index (κ1) is 12.3. The largest absolute Gasteiger partial charge is 0.404 e. The summed E-state index contributed by atoms with van der Waals surface area (Å²) in [5, 5.41) is 0.197. The van der Waals surface area contributed by atoms with Crippen LogP contribution in [0.15, 0.2) is 0 Å². The molecule has 0 spiro atoms. The van der Waals surface area contributed by atoms with Crippen molar-refractivity contribution in [3.63, 3.8) is 0 Å². The molecule has 2 nitrogen and oxygen atoms in total. The van der Waals surface area contributed by atoms with Crippen LogP contribution < -0.4 is 0 Å². The van der Waals surface area contributed by atoms with Crippen LogP contribution in [0.3, 0.4) is 0 Å². The molecule has 0 aromatic heterocycles. The predicted octanol–water partition coefficient (Wildman–Crippen LogP) is 3.52. The minimum absolute atomic E-state index is 0.197. The third kappa shape index (κ3) is 1.78. The summed E-state index contributed by atoms with van der Waals surface area (Å²) in [6, 6.07) is 0. The Morgan fingerprint density at radius 2 is 2.00 bits per heavy atom. The minimum atomic E-state index is -1.80. The molecule has 0 aliphatic heterocycles. The molecule has 0 amide bonds. The van der Waals surface area contributed by atoms with Crippen LogP contribution in [0.25, 0.3) is 0 Å². The Kier molecular flexibility index (Phi) is 2.63. The van der Waals surface area contributed by atoms with Gasteiger partial charge in [0.05, 0.1) is 0 Å². The molecule has 2 unspecified atom stereocenters. The van der Waals surface area contributed by atoms with Crippen molar-refractivity contribution in [3.8, 4) is 0 Å². The van der Waals surface area contributed by atoms with Crippen molar-refractivity contribution >= 4 is 14.1 Å². The van der Waals surface area contributed by atoms with Crippen LogP contribution in [-0.2, 0) is 9.22 Å². The van der Waals surface area contributed by atoms with Gasteiger partial charge in [-0.3, -0.25) is 4.79 Å². The van der Waals surface area contributed by atoms with Crippen LogP contribution in [-0.4, -0.2) is 19.7 Å². The summed E-state index contributed by atoms with van der Waals surface area (Å²) in [4.78, 5) is 12.1. The summed E-state index contributed by atoms with van der Waals surface area (Å²) in [6.45, 7) is 11.2. The fraction of sp³-hybridized carbons (Fsp3) is 0.923. The summed E-state index contributed by atoms with van der Waals surface area (Å²) < 4.78 is 6.44. The standard InChI is InChI=1S/C13H24O2Si/c1-12(2,3)16(4,5)15-13-7-6-10(9-13)8-11(13)14/h10H,6-9H2,1-5H3. The maximum absolute atomic E-state index is 12.1. The fourth-order valence-electron chi connectivity index (χ4n) is 2.77. The first-order valence-electron chi connectivity index (χ1n) is 6.40. The molecule has 2 saturated carbocycles. The Hall–Kier alpha value is -0.153. The Morgan fingerprint density at radius 3 is 2.38 bits per heavy atom. The number of carbonyl (C=O) groups excluding carboxylic acids is 1. The molecule has 2 atom stereocenters. The summed E-state index contributed by atoms with van der Waals surface area (Å²) in [7, 11) is -1.80. The highest BCUT2D eigenvalue weighted by atomic mass is 28.4. The first-order valence-corrected chi connectivity index (χ1v) is 9.31. The number of hydrogen-bond donors (Lipinski definition) is 0. The summed E-state index contributed by atoms with van der Waals surface area (Å²) in [5.74, 6) is 1.01. The van der Waals surface area contributed by atoms with Gasteiger partial charge in [0.2, 0.25) is 0 Å². The van der Waals surface area contributed by atoms with Crippen LogP contribution in [0.4, 0.5) is 0 Å². The van der Waals surface area contributed by atoms with E-state index in [-0.39, 0.29) is 10.6 Å². The number of ketones is 1. The molecule has 2 aliphatic carbocycles. The molecule has 2 rings (SSSR count). The fourth-order valence-corrected chi connectivity index (χ4v) is 4.36. The van der Waals surface area contributed by atoms with Gasteiger partial charge >= 0.3 is 0 Å². The number of hydrogen-bond acceptors (Lipinski definition) is 2. The highest BCUT2D eigenvalue weighted by Gasteiger charge is 2.56. The van der Waals surface area contributed by atoms with Gasteiger partial charge in [-0.25, -0.2) is 0 Å². The molecule has 2 aliphatic rings. The first-order chi connectivity index (χ1) is 7.16. The van der Waals surface area contributed by atoms with E-state index in [0.29, 0.717) is 11.7 Å². The maximum Gasteiger partial charge on any atom is 0.193 e. The van der Waals surface area contributed by atoms with E-state index in [1.54, 1.807) is 0 Å². The Balaban J connectivity index is 2.18. The van der Waals surface area contributed by atoms with Crippen molar-refractivity contribution in [1.29, 1.82) is 0 Å². The van der Waals surface area contributed by atoms with Gasteiger partial charge in [0.1, 0.15) is 5.60 Å². The highest BCUT2D eigenvalue weighted by Crippen LogP contribution is 2.51. The van der Waals surface area contributed by atoms with Gasteiger partial charge in [-0.15, -0.1) is 0 Å². The molecule has 0 heterocycles. The summed E-state index contributed by atoms with van der Waals surface area (Å²) in [5.41, 5.74) is -0.367. The van der Waals surface area contributed by atoms with Crippen molar-refractivity contribution in [3.05, 3.63) is 0 Å². The predicted molar refractivity (Wildman–Crippen MR) is 68.0 cm³/mol. The second-order valence-electron chi connectivity index (χ2n) is 7.09. The number of rotatable bonds is 2. The highest BCUT2D eigenvalue weighted by molar-refractivity contribution is 6.74. The number of fused-ring (bicyclic) bond motifs is 2. The van der Waals surface area contributed by atoms with Gasteiger partial charge in [0.25, 0.3) is 0 Å². The van der Waals surface area contributed by atoms with Crippen molar-refractivity contribution in [2.45, 2.75) is 70.2 Å².